The van der Waals surface area contributed by atoms with Gasteiger partial charge in [0.15, 0.2) is 0 Å². The average molecular weight is 453 g/mol. The molecular formula is C14H10Br3Cl. The van der Waals surface area contributed by atoms with Crippen LogP contribution in [0, 0.1) is 0 Å². The van der Waals surface area contributed by atoms with Crippen molar-refractivity contribution in [3.8, 4) is 0 Å². The second kappa shape index (κ2) is 6.56. The standard InChI is InChI=1S/C14H10Br3Cl/c15-11-3-1-9(2-4-11)5-14(18)10-6-12(16)8-13(17)7-10/h1-4,6-8,14H,5H2. The van der Waals surface area contributed by atoms with Crippen molar-refractivity contribution in [3.63, 3.8) is 0 Å². The van der Waals surface area contributed by atoms with Gasteiger partial charge in [-0.15, -0.1) is 11.6 Å². The Balaban J connectivity index is 2.16. The number of rotatable bonds is 3. The molecule has 0 spiro atoms. The van der Waals surface area contributed by atoms with Crippen molar-refractivity contribution in [2.45, 2.75) is 11.8 Å². The normalized spacial score (nSPS) is 12.4. The van der Waals surface area contributed by atoms with Gasteiger partial charge in [0.25, 0.3) is 0 Å². The molecule has 18 heavy (non-hydrogen) atoms. The molecule has 94 valence electrons. The summed E-state index contributed by atoms with van der Waals surface area (Å²) in [6.45, 7) is 0. The van der Waals surface area contributed by atoms with E-state index in [-0.39, 0.29) is 5.38 Å². The van der Waals surface area contributed by atoms with Gasteiger partial charge in [-0.2, -0.15) is 0 Å². The molecule has 0 aliphatic rings. The van der Waals surface area contributed by atoms with E-state index in [4.69, 9.17) is 11.6 Å². The van der Waals surface area contributed by atoms with Crippen LogP contribution in [0.3, 0.4) is 0 Å². The van der Waals surface area contributed by atoms with E-state index in [1.165, 1.54) is 5.56 Å². The second-order valence-corrected chi connectivity index (χ2v) is 7.27. The molecule has 1 unspecified atom stereocenters. The molecule has 4 heteroatoms. The van der Waals surface area contributed by atoms with Crippen LogP contribution >= 0.6 is 59.4 Å². The zero-order valence-corrected chi connectivity index (χ0v) is 14.9. The molecule has 2 aromatic carbocycles. The molecule has 1 atom stereocenters. The number of benzene rings is 2. The smallest absolute Gasteiger partial charge is 0.0626 e. The largest absolute Gasteiger partial charge is 0.117 e. The van der Waals surface area contributed by atoms with Gasteiger partial charge in [-0.05, 0) is 47.9 Å². The molecule has 0 heterocycles. The van der Waals surface area contributed by atoms with Crippen molar-refractivity contribution in [1.82, 2.24) is 0 Å². The van der Waals surface area contributed by atoms with E-state index in [0.717, 1.165) is 25.4 Å². The van der Waals surface area contributed by atoms with Crippen LogP contribution in [0.25, 0.3) is 0 Å². The summed E-state index contributed by atoms with van der Waals surface area (Å²) >= 11 is 16.9. The topological polar surface area (TPSA) is 0 Å². The van der Waals surface area contributed by atoms with Crippen molar-refractivity contribution >= 4 is 59.4 Å². The van der Waals surface area contributed by atoms with Crippen molar-refractivity contribution < 1.29 is 0 Å². The molecule has 0 aromatic heterocycles. The number of halogens is 4. The molecule has 0 nitrogen and oxygen atoms in total. The first-order valence-corrected chi connectivity index (χ1v) is 8.20. The Labute approximate surface area is 137 Å². The number of hydrogen-bond acceptors (Lipinski definition) is 0. The first kappa shape index (κ1) is 14.6. The molecule has 0 fully saturated rings. The zero-order valence-electron chi connectivity index (χ0n) is 9.34. The van der Waals surface area contributed by atoms with Gasteiger partial charge < -0.3 is 0 Å². The molecule has 0 aliphatic carbocycles. The lowest BCUT2D eigenvalue weighted by Crippen LogP contribution is -1.96. The van der Waals surface area contributed by atoms with Gasteiger partial charge >= 0.3 is 0 Å². The maximum absolute atomic E-state index is 6.47. The third-order valence-corrected chi connectivity index (χ3v) is 4.43. The summed E-state index contributed by atoms with van der Waals surface area (Å²) < 4.78 is 3.16. The van der Waals surface area contributed by atoms with Crippen molar-refractivity contribution in [3.05, 3.63) is 67.0 Å². The molecule has 0 N–H and O–H groups in total. The van der Waals surface area contributed by atoms with Gasteiger partial charge in [0, 0.05) is 13.4 Å². The highest BCUT2D eigenvalue weighted by molar-refractivity contribution is 9.11. The third-order valence-electron chi connectivity index (χ3n) is 2.57. The highest BCUT2D eigenvalue weighted by Gasteiger charge is 2.10. The van der Waals surface area contributed by atoms with E-state index in [2.05, 4.69) is 72.1 Å². The first-order valence-electron chi connectivity index (χ1n) is 5.39. The third kappa shape index (κ3) is 4.09. The zero-order chi connectivity index (χ0) is 13.1. The lowest BCUT2D eigenvalue weighted by atomic mass is 10.0. The molecule has 0 saturated carbocycles. The first-order chi connectivity index (χ1) is 8.54. The Morgan fingerprint density at radius 3 is 1.94 bits per heavy atom. The summed E-state index contributed by atoms with van der Waals surface area (Å²) in [6.07, 6.45) is 0.817. The van der Waals surface area contributed by atoms with Crippen LogP contribution in [0.15, 0.2) is 55.9 Å². The summed E-state index contributed by atoms with van der Waals surface area (Å²) in [5.41, 5.74) is 2.34. The summed E-state index contributed by atoms with van der Waals surface area (Å²) in [5, 5.41) is -0.0278. The number of hydrogen-bond donors (Lipinski definition) is 0. The van der Waals surface area contributed by atoms with E-state index >= 15 is 0 Å². The highest BCUT2D eigenvalue weighted by Crippen LogP contribution is 2.30. The lowest BCUT2D eigenvalue weighted by Gasteiger charge is -2.11. The Morgan fingerprint density at radius 1 is 0.833 bits per heavy atom. The molecule has 0 saturated heterocycles. The quantitative estimate of drug-likeness (QED) is 0.466. The monoisotopic (exact) mass is 450 g/mol. The molecular weight excluding hydrogens is 443 g/mol. The molecule has 2 rings (SSSR count). The Morgan fingerprint density at radius 2 is 1.39 bits per heavy atom. The van der Waals surface area contributed by atoms with Gasteiger partial charge in [0.05, 0.1) is 5.38 Å². The summed E-state index contributed by atoms with van der Waals surface area (Å²) in [4.78, 5) is 0. The number of alkyl halides is 1. The maximum Gasteiger partial charge on any atom is 0.0626 e. The predicted octanol–water partition coefficient (Wildman–Crippen LogP) is 6.50. The van der Waals surface area contributed by atoms with Gasteiger partial charge in [0.2, 0.25) is 0 Å². The molecule has 0 amide bonds. The molecule has 0 bridgehead atoms. The van der Waals surface area contributed by atoms with Crippen LogP contribution in [0.5, 0.6) is 0 Å². The Hall–Kier alpha value is 0.170. The summed E-state index contributed by atoms with van der Waals surface area (Å²) in [5.74, 6) is 0. The fourth-order valence-electron chi connectivity index (χ4n) is 1.70. The van der Waals surface area contributed by atoms with Crippen LogP contribution in [0.1, 0.15) is 16.5 Å². The molecule has 0 radical (unpaired) electrons. The summed E-state index contributed by atoms with van der Waals surface area (Å²) in [6, 6.07) is 14.4. The Kier molecular flexibility index (Phi) is 5.31. The van der Waals surface area contributed by atoms with Crippen LogP contribution in [-0.2, 0) is 6.42 Å². The van der Waals surface area contributed by atoms with E-state index in [9.17, 15) is 0 Å². The van der Waals surface area contributed by atoms with E-state index in [1.807, 2.05) is 18.2 Å². The second-order valence-electron chi connectivity index (χ2n) is 4.00. The summed E-state index contributed by atoms with van der Waals surface area (Å²) in [7, 11) is 0. The fourth-order valence-corrected chi connectivity index (χ4v) is 3.60. The van der Waals surface area contributed by atoms with E-state index < -0.39 is 0 Å². The minimum absolute atomic E-state index is 0.0278. The fraction of sp³-hybridized carbons (Fsp3) is 0.143. The predicted molar refractivity (Wildman–Crippen MR) is 88.3 cm³/mol. The van der Waals surface area contributed by atoms with Crippen molar-refractivity contribution in [1.29, 1.82) is 0 Å². The van der Waals surface area contributed by atoms with Crippen LogP contribution in [0.2, 0.25) is 0 Å². The van der Waals surface area contributed by atoms with Gasteiger partial charge in [-0.25, -0.2) is 0 Å². The van der Waals surface area contributed by atoms with Gasteiger partial charge in [-0.1, -0.05) is 59.9 Å². The van der Waals surface area contributed by atoms with Gasteiger partial charge in [0.1, 0.15) is 0 Å². The van der Waals surface area contributed by atoms with Crippen molar-refractivity contribution in [2.75, 3.05) is 0 Å². The van der Waals surface area contributed by atoms with Crippen LogP contribution < -0.4 is 0 Å². The highest BCUT2D eigenvalue weighted by atomic mass is 79.9. The van der Waals surface area contributed by atoms with Crippen LogP contribution in [-0.4, -0.2) is 0 Å². The van der Waals surface area contributed by atoms with E-state index in [0.29, 0.717) is 0 Å². The minimum Gasteiger partial charge on any atom is -0.117 e. The minimum atomic E-state index is -0.0278. The maximum atomic E-state index is 6.47. The van der Waals surface area contributed by atoms with Gasteiger partial charge in [-0.3, -0.25) is 0 Å². The SMILES string of the molecule is ClC(Cc1ccc(Br)cc1)c1cc(Br)cc(Br)c1. The van der Waals surface area contributed by atoms with Crippen molar-refractivity contribution in [2.24, 2.45) is 0 Å². The molecule has 0 aliphatic heterocycles. The van der Waals surface area contributed by atoms with E-state index in [1.54, 1.807) is 0 Å². The lowest BCUT2D eigenvalue weighted by molar-refractivity contribution is 0.917. The average Bonchev–Trinajstić information content (AvgIpc) is 2.31. The van der Waals surface area contributed by atoms with Crippen LogP contribution in [0.4, 0.5) is 0 Å². The Bertz CT molecular complexity index is 517. The molecule has 2 aromatic rings.